The summed E-state index contributed by atoms with van der Waals surface area (Å²) in [5.74, 6) is 1.15. The van der Waals surface area contributed by atoms with Crippen LogP contribution < -0.4 is 10.2 Å². The van der Waals surface area contributed by atoms with E-state index in [-0.39, 0.29) is 0 Å². The van der Waals surface area contributed by atoms with Gasteiger partial charge in [-0.25, -0.2) is 4.98 Å². The second kappa shape index (κ2) is 6.10. The molecule has 3 rings (SSSR count). The molecule has 2 heterocycles. The van der Waals surface area contributed by atoms with Gasteiger partial charge in [0, 0.05) is 37.9 Å². The Morgan fingerprint density at radius 2 is 2.05 bits per heavy atom. The number of nitrogens with zero attached hydrogens (tertiary/aromatic N) is 3. The predicted molar refractivity (Wildman–Crippen MR) is 83.2 cm³/mol. The van der Waals surface area contributed by atoms with Crippen LogP contribution in [0.4, 0.5) is 5.82 Å². The Morgan fingerprint density at radius 1 is 1.20 bits per heavy atom. The fourth-order valence-electron chi connectivity index (χ4n) is 2.76. The second-order valence-corrected chi connectivity index (χ2v) is 6.21. The Hall–Kier alpha value is -1.13. The summed E-state index contributed by atoms with van der Waals surface area (Å²) in [6, 6.07) is 5.21. The molecule has 1 saturated heterocycles. The summed E-state index contributed by atoms with van der Waals surface area (Å²) >= 11 is 0. The third kappa shape index (κ3) is 3.49. The van der Waals surface area contributed by atoms with Gasteiger partial charge < -0.3 is 15.1 Å². The zero-order valence-corrected chi connectivity index (χ0v) is 12.7. The highest BCUT2D eigenvalue weighted by Crippen LogP contribution is 2.21. The zero-order valence-electron chi connectivity index (χ0n) is 12.7. The highest BCUT2D eigenvalue weighted by molar-refractivity contribution is 5.42. The summed E-state index contributed by atoms with van der Waals surface area (Å²) < 4.78 is 0. The molecule has 20 heavy (non-hydrogen) atoms. The topological polar surface area (TPSA) is 31.4 Å². The van der Waals surface area contributed by atoms with Crippen molar-refractivity contribution in [2.75, 3.05) is 38.1 Å². The molecule has 2 fully saturated rings. The number of aryl methyl sites for hydroxylation is 1. The zero-order chi connectivity index (χ0) is 13.9. The van der Waals surface area contributed by atoms with Gasteiger partial charge in [0.05, 0.1) is 0 Å². The van der Waals surface area contributed by atoms with Crippen LogP contribution >= 0.6 is 0 Å². The van der Waals surface area contributed by atoms with Gasteiger partial charge in [-0.3, -0.25) is 0 Å². The first-order chi connectivity index (χ1) is 9.72. The van der Waals surface area contributed by atoms with Crippen molar-refractivity contribution in [3.8, 4) is 0 Å². The maximum Gasteiger partial charge on any atom is 0.128 e. The summed E-state index contributed by atoms with van der Waals surface area (Å²) in [5, 5.41) is 3.57. The minimum absolute atomic E-state index is 0.759. The number of hydrogen-bond donors (Lipinski definition) is 1. The van der Waals surface area contributed by atoms with Gasteiger partial charge in [0.2, 0.25) is 0 Å². The number of hydrogen-bond acceptors (Lipinski definition) is 4. The van der Waals surface area contributed by atoms with E-state index in [1.54, 1.807) is 0 Å². The molecule has 1 N–H and O–H groups in total. The van der Waals surface area contributed by atoms with Crippen LogP contribution in [-0.2, 0) is 6.54 Å². The highest BCUT2D eigenvalue weighted by atomic mass is 15.2. The maximum absolute atomic E-state index is 4.83. The lowest BCUT2D eigenvalue weighted by Crippen LogP contribution is -2.29. The van der Waals surface area contributed by atoms with E-state index in [1.807, 2.05) is 0 Å². The molecular weight excluding hydrogens is 248 g/mol. The van der Waals surface area contributed by atoms with Crippen molar-refractivity contribution in [2.24, 2.45) is 0 Å². The largest absolute Gasteiger partial charge is 0.355 e. The molecule has 0 spiro atoms. The number of pyridine rings is 1. The van der Waals surface area contributed by atoms with Crippen molar-refractivity contribution in [2.45, 2.75) is 38.8 Å². The van der Waals surface area contributed by atoms with Crippen LogP contribution in [-0.4, -0.2) is 49.2 Å². The molecule has 1 saturated carbocycles. The van der Waals surface area contributed by atoms with E-state index < -0.39 is 0 Å². The molecule has 0 aromatic carbocycles. The normalized spacial score (nSPS) is 21.0. The quantitative estimate of drug-likeness (QED) is 0.907. The SMILES string of the molecule is Cc1nc(N2CCCN(C)CC2)ccc1CNC1CC1. The first-order valence-electron chi connectivity index (χ1n) is 7.86. The molecule has 0 unspecified atom stereocenters. The third-order valence-corrected chi connectivity index (χ3v) is 4.38. The van der Waals surface area contributed by atoms with Crippen molar-refractivity contribution in [3.05, 3.63) is 23.4 Å². The molecule has 1 aromatic rings. The van der Waals surface area contributed by atoms with E-state index >= 15 is 0 Å². The standard InChI is InChI=1S/C16H26N4/c1-13-14(12-17-15-5-6-15)4-7-16(18-13)20-9-3-8-19(2)10-11-20/h4,7,15,17H,3,5-6,8-12H2,1-2H3. The summed E-state index contributed by atoms with van der Waals surface area (Å²) in [4.78, 5) is 9.66. The van der Waals surface area contributed by atoms with Crippen molar-refractivity contribution < 1.29 is 0 Å². The number of likely N-dealkylation sites (N-methyl/N-ethyl adjacent to an activating group) is 1. The molecule has 4 heteroatoms. The van der Waals surface area contributed by atoms with Gasteiger partial charge in [-0.15, -0.1) is 0 Å². The Kier molecular flexibility index (Phi) is 4.22. The fraction of sp³-hybridized carbons (Fsp3) is 0.688. The lowest BCUT2D eigenvalue weighted by atomic mass is 10.2. The summed E-state index contributed by atoms with van der Waals surface area (Å²) in [6.45, 7) is 7.63. The lowest BCUT2D eigenvalue weighted by molar-refractivity contribution is 0.360. The first-order valence-corrected chi connectivity index (χ1v) is 7.86. The lowest BCUT2D eigenvalue weighted by Gasteiger charge is -2.22. The molecule has 110 valence electrons. The molecule has 0 atom stereocenters. The number of aromatic nitrogens is 1. The summed E-state index contributed by atoms with van der Waals surface area (Å²) in [5.41, 5.74) is 2.51. The summed E-state index contributed by atoms with van der Waals surface area (Å²) in [6.07, 6.45) is 3.90. The molecule has 1 aliphatic carbocycles. The number of nitrogens with one attached hydrogen (secondary N) is 1. The van der Waals surface area contributed by atoms with E-state index in [4.69, 9.17) is 4.98 Å². The van der Waals surface area contributed by atoms with Crippen LogP contribution in [0.5, 0.6) is 0 Å². The highest BCUT2D eigenvalue weighted by Gasteiger charge is 2.20. The average Bonchev–Trinajstić information content (AvgIpc) is 3.25. The van der Waals surface area contributed by atoms with Crippen LogP contribution in [0.3, 0.4) is 0 Å². The van der Waals surface area contributed by atoms with Gasteiger partial charge >= 0.3 is 0 Å². The van der Waals surface area contributed by atoms with Crippen LogP contribution in [0.15, 0.2) is 12.1 Å². The second-order valence-electron chi connectivity index (χ2n) is 6.21. The fourth-order valence-corrected chi connectivity index (χ4v) is 2.76. The maximum atomic E-state index is 4.83. The van der Waals surface area contributed by atoms with Crippen LogP contribution in [0.2, 0.25) is 0 Å². The monoisotopic (exact) mass is 274 g/mol. The average molecular weight is 274 g/mol. The molecule has 1 aliphatic heterocycles. The van der Waals surface area contributed by atoms with Gasteiger partial charge in [0.15, 0.2) is 0 Å². The van der Waals surface area contributed by atoms with Gasteiger partial charge in [0.1, 0.15) is 5.82 Å². The van der Waals surface area contributed by atoms with E-state index in [0.29, 0.717) is 0 Å². The molecule has 0 amide bonds. The van der Waals surface area contributed by atoms with Crippen LogP contribution in [0.25, 0.3) is 0 Å². The molecule has 1 aromatic heterocycles. The van der Waals surface area contributed by atoms with Gasteiger partial charge in [-0.2, -0.15) is 0 Å². The Morgan fingerprint density at radius 3 is 2.80 bits per heavy atom. The predicted octanol–water partition coefficient (Wildman–Crippen LogP) is 1.78. The molecule has 2 aliphatic rings. The van der Waals surface area contributed by atoms with Crippen molar-refractivity contribution in [1.29, 1.82) is 0 Å². The van der Waals surface area contributed by atoms with Crippen LogP contribution in [0, 0.1) is 6.92 Å². The van der Waals surface area contributed by atoms with Gasteiger partial charge in [-0.05, 0) is 51.4 Å². The smallest absolute Gasteiger partial charge is 0.128 e. The van der Waals surface area contributed by atoms with Gasteiger partial charge in [-0.1, -0.05) is 6.07 Å². The van der Waals surface area contributed by atoms with E-state index in [9.17, 15) is 0 Å². The molecular formula is C16H26N4. The molecule has 4 nitrogen and oxygen atoms in total. The Balaban J connectivity index is 1.65. The minimum atomic E-state index is 0.759. The molecule has 0 bridgehead atoms. The van der Waals surface area contributed by atoms with Crippen molar-refractivity contribution in [3.63, 3.8) is 0 Å². The first kappa shape index (κ1) is 13.8. The van der Waals surface area contributed by atoms with Crippen molar-refractivity contribution in [1.82, 2.24) is 15.2 Å². The molecule has 0 radical (unpaired) electrons. The van der Waals surface area contributed by atoms with E-state index in [1.165, 1.54) is 37.1 Å². The van der Waals surface area contributed by atoms with Gasteiger partial charge in [0.25, 0.3) is 0 Å². The number of anilines is 1. The minimum Gasteiger partial charge on any atom is -0.355 e. The van der Waals surface area contributed by atoms with Crippen molar-refractivity contribution >= 4 is 5.82 Å². The summed E-state index contributed by atoms with van der Waals surface area (Å²) in [7, 11) is 2.20. The Bertz CT molecular complexity index is 456. The van der Waals surface area contributed by atoms with Crippen LogP contribution in [0.1, 0.15) is 30.5 Å². The van der Waals surface area contributed by atoms with E-state index in [2.05, 4.69) is 41.2 Å². The Labute approximate surface area is 122 Å². The third-order valence-electron chi connectivity index (χ3n) is 4.38. The van der Waals surface area contributed by atoms with E-state index in [0.717, 1.165) is 38.0 Å². The number of rotatable bonds is 4.